The number of urea groups is 1. The molecule has 1 atom stereocenters. The minimum Gasteiger partial charge on any atom is -0.311 e. The first-order valence-electron chi connectivity index (χ1n) is 6.91. The highest BCUT2D eigenvalue weighted by Crippen LogP contribution is 2.36. The topological polar surface area (TPSA) is 40.6 Å². The van der Waals surface area contributed by atoms with E-state index in [-0.39, 0.29) is 24.5 Å². The number of benzene rings is 1. The Bertz CT molecular complexity index is 539. The van der Waals surface area contributed by atoms with Crippen LogP contribution in [0, 0.1) is 5.92 Å². The zero-order chi connectivity index (χ0) is 14.3. The maximum Gasteiger partial charge on any atom is 0.327 e. The minimum atomic E-state index is -0.141. The number of imide groups is 1. The standard InChI is InChI=1S/C15H17BrN2O2/c1-10(12-4-5-12)18-14(19)9-17(15(18)20)8-11-2-6-13(16)7-3-11/h2-3,6-7,10,12H,4-5,8-9H2,1H3. The predicted octanol–water partition coefficient (Wildman–Crippen LogP) is 3.01. The lowest BCUT2D eigenvalue weighted by atomic mass is 10.2. The van der Waals surface area contributed by atoms with Crippen molar-refractivity contribution in [2.45, 2.75) is 32.4 Å². The Kier molecular flexibility index (Phi) is 3.54. The lowest BCUT2D eigenvalue weighted by Crippen LogP contribution is -2.40. The number of carbonyl (C=O) groups excluding carboxylic acids is 2. The Labute approximate surface area is 126 Å². The Morgan fingerprint density at radius 2 is 1.90 bits per heavy atom. The summed E-state index contributed by atoms with van der Waals surface area (Å²) in [6.45, 7) is 2.67. The maximum absolute atomic E-state index is 12.4. The van der Waals surface area contributed by atoms with E-state index in [0.717, 1.165) is 22.9 Å². The van der Waals surface area contributed by atoms with Crippen LogP contribution in [0.2, 0.25) is 0 Å². The molecule has 1 unspecified atom stereocenters. The van der Waals surface area contributed by atoms with Crippen molar-refractivity contribution in [2.75, 3.05) is 6.54 Å². The third-order valence-electron chi connectivity index (χ3n) is 4.07. The number of amides is 3. The average molecular weight is 337 g/mol. The second-order valence-corrected chi connectivity index (χ2v) is 6.52. The highest BCUT2D eigenvalue weighted by molar-refractivity contribution is 9.10. The van der Waals surface area contributed by atoms with Gasteiger partial charge in [-0.2, -0.15) is 0 Å². The van der Waals surface area contributed by atoms with Gasteiger partial charge in [0, 0.05) is 17.1 Å². The van der Waals surface area contributed by atoms with E-state index in [1.807, 2.05) is 31.2 Å². The molecule has 2 aliphatic rings. The van der Waals surface area contributed by atoms with E-state index in [2.05, 4.69) is 15.9 Å². The van der Waals surface area contributed by atoms with Crippen LogP contribution in [0.5, 0.6) is 0 Å². The number of rotatable bonds is 4. The summed E-state index contributed by atoms with van der Waals surface area (Å²) in [7, 11) is 0. The van der Waals surface area contributed by atoms with E-state index in [9.17, 15) is 9.59 Å². The van der Waals surface area contributed by atoms with Crippen molar-refractivity contribution >= 4 is 27.9 Å². The molecule has 1 saturated heterocycles. The highest BCUT2D eigenvalue weighted by Gasteiger charge is 2.43. The van der Waals surface area contributed by atoms with Crippen LogP contribution < -0.4 is 0 Å². The van der Waals surface area contributed by atoms with E-state index in [1.165, 1.54) is 4.90 Å². The third-order valence-corrected chi connectivity index (χ3v) is 4.60. The van der Waals surface area contributed by atoms with Crippen molar-refractivity contribution in [2.24, 2.45) is 5.92 Å². The number of hydrogen-bond acceptors (Lipinski definition) is 2. The highest BCUT2D eigenvalue weighted by atomic mass is 79.9. The van der Waals surface area contributed by atoms with Gasteiger partial charge in [0.05, 0.1) is 0 Å². The summed E-state index contributed by atoms with van der Waals surface area (Å²) in [6.07, 6.45) is 2.26. The van der Waals surface area contributed by atoms with Crippen molar-refractivity contribution in [3.05, 3.63) is 34.3 Å². The zero-order valence-electron chi connectivity index (χ0n) is 11.4. The van der Waals surface area contributed by atoms with Crippen LogP contribution >= 0.6 is 15.9 Å². The first kappa shape index (κ1) is 13.6. The Morgan fingerprint density at radius 1 is 1.25 bits per heavy atom. The first-order chi connectivity index (χ1) is 9.56. The molecule has 3 amide bonds. The van der Waals surface area contributed by atoms with Gasteiger partial charge in [0.2, 0.25) is 0 Å². The molecule has 20 heavy (non-hydrogen) atoms. The number of nitrogens with zero attached hydrogens (tertiary/aromatic N) is 2. The van der Waals surface area contributed by atoms with Gasteiger partial charge in [0.1, 0.15) is 6.54 Å². The van der Waals surface area contributed by atoms with E-state index in [1.54, 1.807) is 4.90 Å². The summed E-state index contributed by atoms with van der Waals surface area (Å²) < 4.78 is 1.01. The lowest BCUT2D eigenvalue weighted by Gasteiger charge is -2.22. The molecule has 0 spiro atoms. The molecule has 1 aliphatic carbocycles. The molecule has 4 nitrogen and oxygen atoms in total. The van der Waals surface area contributed by atoms with Crippen LogP contribution in [0.15, 0.2) is 28.7 Å². The Balaban J connectivity index is 1.70. The Morgan fingerprint density at radius 3 is 2.50 bits per heavy atom. The van der Waals surface area contributed by atoms with Gasteiger partial charge in [-0.3, -0.25) is 9.69 Å². The largest absolute Gasteiger partial charge is 0.327 e. The van der Waals surface area contributed by atoms with Crippen LogP contribution in [-0.4, -0.2) is 34.3 Å². The molecule has 3 rings (SSSR count). The molecule has 1 aromatic rings. The molecule has 1 aromatic carbocycles. The summed E-state index contributed by atoms with van der Waals surface area (Å²) in [5, 5.41) is 0. The van der Waals surface area contributed by atoms with E-state index < -0.39 is 0 Å². The molecule has 0 bridgehead atoms. The van der Waals surface area contributed by atoms with Crippen LogP contribution in [0.4, 0.5) is 4.79 Å². The van der Waals surface area contributed by atoms with Gasteiger partial charge in [-0.25, -0.2) is 4.79 Å². The molecular weight excluding hydrogens is 320 g/mol. The van der Waals surface area contributed by atoms with Gasteiger partial charge in [-0.15, -0.1) is 0 Å². The monoisotopic (exact) mass is 336 g/mol. The molecule has 1 heterocycles. The van der Waals surface area contributed by atoms with Crippen LogP contribution in [0.25, 0.3) is 0 Å². The zero-order valence-corrected chi connectivity index (χ0v) is 13.0. The minimum absolute atomic E-state index is 0.0462. The van der Waals surface area contributed by atoms with Crippen molar-refractivity contribution in [1.82, 2.24) is 9.80 Å². The smallest absolute Gasteiger partial charge is 0.311 e. The summed E-state index contributed by atoms with van der Waals surface area (Å²) in [4.78, 5) is 27.5. The van der Waals surface area contributed by atoms with Crippen molar-refractivity contribution in [3.8, 4) is 0 Å². The maximum atomic E-state index is 12.4. The lowest BCUT2D eigenvalue weighted by molar-refractivity contribution is -0.126. The molecule has 2 fully saturated rings. The summed E-state index contributed by atoms with van der Waals surface area (Å²) in [5.41, 5.74) is 1.04. The van der Waals surface area contributed by atoms with Gasteiger partial charge in [-0.1, -0.05) is 28.1 Å². The third kappa shape index (κ3) is 2.59. The van der Waals surface area contributed by atoms with E-state index in [4.69, 9.17) is 0 Å². The number of carbonyl (C=O) groups is 2. The fourth-order valence-corrected chi connectivity index (χ4v) is 2.95. The summed E-state index contributed by atoms with van der Waals surface area (Å²) in [6, 6.07) is 7.73. The molecule has 1 saturated carbocycles. The summed E-state index contributed by atoms with van der Waals surface area (Å²) in [5.74, 6) is 0.446. The van der Waals surface area contributed by atoms with Gasteiger partial charge in [0.15, 0.2) is 0 Å². The quantitative estimate of drug-likeness (QED) is 0.793. The predicted molar refractivity (Wildman–Crippen MR) is 79.0 cm³/mol. The van der Waals surface area contributed by atoms with Gasteiger partial charge in [0.25, 0.3) is 5.91 Å². The first-order valence-corrected chi connectivity index (χ1v) is 7.71. The fraction of sp³-hybridized carbons (Fsp3) is 0.467. The SMILES string of the molecule is CC(C1CC1)N1C(=O)CN(Cc2ccc(Br)cc2)C1=O. The van der Waals surface area contributed by atoms with E-state index in [0.29, 0.717) is 12.5 Å². The fourth-order valence-electron chi connectivity index (χ4n) is 2.69. The van der Waals surface area contributed by atoms with Crippen LogP contribution in [0.3, 0.4) is 0 Å². The van der Waals surface area contributed by atoms with Crippen molar-refractivity contribution in [3.63, 3.8) is 0 Å². The molecule has 5 heteroatoms. The molecule has 106 valence electrons. The molecule has 0 N–H and O–H groups in total. The average Bonchev–Trinajstić information content (AvgIpc) is 3.21. The van der Waals surface area contributed by atoms with Gasteiger partial charge >= 0.3 is 6.03 Å². The molecular formula is C15H17BrN2O2. The second-order valence-electron chi connectivity index (χ2n) is 5.61. The molecule has 1 aliphatic heterocycles. The van der Waals surface area contributed by atoms with Crippen molar-refractivity contribution < 1.29 is 9.59 Å². The van der Waals surface area contributed by atoms with E-state index >= 15 is 0 Å². The number of hydrogen-bond donors (Lipinski definition) is 0. The molecule has 0 radical (unpaired) electrons. The Hall–Kier alpha value is -1.36. The van der Waals surface area contributed by atoms with Gasteiger partial charge in [-0.05, 0) is 43.4 Å². The normalized spacial score (nSPS) is 20.7. The van der Waals surface area contributed by atoms with Crippen molar-refractivity contribution in [1.29, 1.82) is 0 Å². The van der Waals surface area contributed by atoms with Gasteiger partial charge < -0.3 is 4.90 Å². The molecule has 0 aromatic heterocycles. The summed E-state index contributed by atoms with van der Waals surface area (Å²) >= 11 is 3.39. The van der Waals surface area contributed by atoms with Crippen LogP contribution in [-0.2, 0) is 11.3 Å². The van der Waals surface area contributed by atoms with Crippen LogP contribution in [0.1, 0.15) is 25.3 Å². The number of halogens is 1. The second kappa shape index (κ2) is 5.20.